The number of fused-ring (bicyclic) bond motifs is 2. The second-order valence-electron chi connectivity index (χ2n) is 26.5. The van der Waals surface area contributed by atoms with Crippen molar-refractivity contribution in [3.05, 3.63) is 228 Å². The van der Waals surface area contributed by atoms with Gasteiger partial charge in [0.1, 0.15) is 0 Å². The lowest BCUT2D eigenvalue weighted by Crippen LogP contribution is -2.42. The topological polar surface area (TPSA) is 261 Å². The first-order valence-electron chi connectivity index (χ1n) is 32.0. The Morgan fingerprint density at radius 3 is 1.16 bits per heavy atom. The van der Waals surface area contributed by atoms with Crippen LogP contribution in [0.4, 0.5) is 58.4 Å². The number of carboxylic acid groups (broad SMARTS) is 1. The zero-order chi connectivity index (χ0) is 79.8. The Morgan fingerprint density at radius 1 is 0.387 bits per heavy atom. The summed E-state index contributed by atoms with van der Waals surface area (Å²) in [6, 6.07) is 27.8. The number of anilines is 1. The van der Waals surface area contributed by atoms with Gasteiger partial charge in [0.15, 0.2) is 34.0 Å². The summed E-state index contributed by atoms with van der Waals surface area (Å²) in [7, 11) is 1.33. The van der Waals surface area contributed by atoms with Crippen LogP contribution >= 0.6 is 0 Å². The monoisotopic (exact) mass is 1480 g/mol. The van der Waals surface area contributed by atoms with E-state index in [1.165, 1.54) is 133 Å². The molecule has 4 atom stereocenters. The third kappa shape index (κ3) is 14.7. The van der Waals surface area contributed by atoms with E-state index in [1.54, 1.807) is 19.9 Å². The van der Waals surface area contributed by atoms with Gasteiger partial charge in [0.05, 0.1) is 33.5 Å². The number of imide groups is 2. The molecule has 0 bridgehead atoms. The highest BCUT2D eigenvalue weighted by atomic mass is 19.4. The third-order valence-electron chi connectivity index (χ3n) is 19.1. The van der Waals surface area contributed by atoms with Crippen LogP contribution in [-0.4, -0.2) is 110 Å². The second kappa shape index (κ2) is 28.6. The van der Waals surface area contributed by atoms with Gasteiger partial charge in [-0.15, -0.1) is 0 Å². The van der Waals surface area contributed by atoms with E-state index in [9.17, 15) is 112 Å². The first kappa shape index (κ1) is 80.9. The van der Waals surface area contributed by atoms with E-state index in [-0.39, 0.29) is 102 Å². The molecular formula is C78H66F12N2O14. The van der Waals surface area contributed by atoms with Crippen molar-refractivity contribution in [1.29, 1.82) is 0 Å². The first-order valence-corrected chi connectivity index (χ1v) is 32.0. The Hall–Kier alpha value is -10.8. The zero-order valence-corrected chi connectivity index (χ0v) is 58.4. The van der Waals surface area contributed by atoms with Gasteiger partial charge in [-0.1, -0.05) is 67.6 Å². The molecule has 8 aromatic carbocycles. The van der Waals surface area contributed by atoms with Crippen LogP contribution in [0.15, 0.2) is 127 Å². The first-order chi connectivity index (χ1) is 48.7. The van der Waals surface area contributed by atoms with Crippen molar-refractivity contribution in [2.75, 3.05) is 11.9 Å². The molecule has 28 heteroatoms. The molecule has 0 aromatic heterocycles. The highest BCUT2D eigenvalue weighted by Gasteiger charge is 2.56. The lowest BCUT2D eigenvalue weighted by molar-refractivity contribution is -0.259. The van der Waals surface area contributed by atoms with Gasteiger partial charge in [0.2, 0.25) is 0 Å². The van der Waals surface area contributed by atoms with Crippen LogP contribution in [0.2, 0.25) is 0 Å². The summed E-state index contributed by atoms with van der Waals surface area (Å²) < 4.78 is 170. The predicted octanol–water partition coefficient (Wildman–Crippen LogP) is 16.1. The van der Waals surface area contributed by atoms with Crippen LogP contribution in [-0.2, 0) is 38.4 Å². The quantitative estimate of drug-likeness (QED) is 0.0363. The van der Waals surface area contributed by atoms with Gasteiger partial charge in [-0.05, 0) is 236 Å². The number of nitrogens with zero attached hydrogens (tertiary/aromatic N) is 2. The fourth-order valence-corrected chi connectivity index (χ4v) is 12.8. The number of benzene rings is 8. The number of amides is 4. The Kier molecular flexibility index (Phi) is 21.8. The molecule has 0 aliphatic carbocycles. The fraction of sp³-hybridized carbons (Fsp3) is 0.282. The van der Waals surface area contributed by atoms with Crippen LogP contribution < -0.4 is 4.90 Å². The number of carbonyl (C=O) groups excluding carboxylic acids is 8. The van der Waals surface area contributed by atoms with E-state index < -0.39 is 117 Å². The number of aryl methyl sites for hydroxylation is 6. The summed E-state index contributed by atoms with van der Waals surface area (Å²) in [5.74, 6) is -5.29. The van der Waals surface area contributed by atoms with Gasteiger partial charge < -0.3 is 25.5 Å². The Morgan fingerprint density at radius 2 is 0.726 bits per heavy atom. The van der Waals surface area contributed by atoms with Gasteiger partial charge >= 0.3 is 36.8 Å². The summed E-state index contributed by atoms with van der Waals surface area (Å²) in [4.78, 5) is 108. The molecule has 0 saturated heterocycles. The zero-order valence-electron chi connectivity index (χ0n) is 58.4. The van der Waals surface area contributed by atoms with Gasteiger partial charge in [0, 0.05) is 36.6 Å². The standard InChI is InChI=1S/C39H36F6O6.C38H30F6N2O6.CO2/c1-7-33(46)27-13-12-25(16-30(27)35(48)49)23-8-10-24(11-9-23)34(47)17-26-15-21(3)29(19-32(26)37(6,51)39(43,44)45)28-18-31(22(4)14-20(28)2)36(5,50)38(40,41)42;1-17-11-19(3)28(35(4,51)37(39,40)41)15-24(17)25-16-29(36(5,52)38(42,43)44)30(12-18(25)2)46-33(49)23-10-8-21(14-27(23)34(46)50)20-7-9-22-26(13-20)32(48)45(6)31(22)47;2-1-3/h8-16,18-19,50-51H,7,17H2,1-6H3,(H,48,49);7-16,51-52H,1-6H3;. The largest absolute Gasteiger partial charge is 0.478 e. The Bertz CT molecular complexity index is 5020. The second-order valence-corrected chi connectivity index (χ2v) is 26.5. The van der Waals surface area contributed by atoms with Crippen molar-refractivity contribution < 1.29 is 121 Å². The summed E-state index contributed by atoms with van der Waals surface area (Å²) in [6.07, 6.45) is -21.0. The smallest absolute Gasteiger partial charge is 0.421 e. The summed E-state index contributed by atoms with van der Waals surface area (Å²) in [5.41, 5.74) is -14.0. The summed E-state index contributed by atoms with van der Waals surface area (Å²) in [6.45, 7) is 12.4. The third-order valence-corrected chi connectivity index (χ3v) is 19.1. The number of alkyl halides is 12. The number of hydrogen-bond acceptors (Lipinski definition) is 13. The van der Waals surface area contributed by atoms with Crippen LogP contribution in [0.25, 0.3) is 44.5 Å². The molecule has 10 rings (SSSR count). The molecule has 0 fully saturated rings. The van der Waals surface area contributed by atoms with Crippen molar-refractivity contribution in [2.45, 2.75) is 136 Å². The molecule has 0 spiro atoms. The predicted molar refractivity (Wildman–Crippen MR) is 361 cm³/mol. The highest BCUT2D eigenvalue weighted by molar-refractivity contribution is 6.35. The van der Waals surface area contributed by atoms with Crippen molar-refractivity contribution in [3.8, 4) is 44.5 Å². The van der Waals surface area contributed by atoms with Gasteiger partial charge in [-0.3, -0.25) is 33.7 Å². The molecule has 556 valence electrons. The molecule has 8 aromatic rings. The van der Waals surface area contributed by atoms with Crippen molar-refractivity contribution in [2.24, 2.45) is 0 Å². The van der Waals surface area contributed by atoms with E-state index in [2.05, 4.69) is 0 Å². The number of hydrogen-bond donors (Lipinski definition) is 5. The fourth-order valence-electron chi connectivity index (χ4n) is 12.8. The van der Waals surface area contributed by atoms with Crippen LogP contribution in [0.1, 0.15) is 175 Å². The summed E-state index contributed by atoms with van der Waals surface area (Å²) >= 11 is 0. The maximum absolute atomic E-state index is 14.5. The van der Waals surface area contributed by atoms with Crippen molar-refractivity contribution in [3.63, 3.8) is 0 Å². The molecule has 4 amide bonds. The van der Waals surface area contributed by atoms with Gasteiger partial charge in [0.25, 0.3) is 23.6 Å². The molecule has 16 nitrogen and oxygen atoms in total. The van der Waals surface area contributed by atoms with E-state index >= 15 is 0 Å². The number of rotatable bonds is 15. The number of carboxylic acids is 1. The maximum atomic E-state index is 14.5. The number of Topliss-reactive ketones (excluding diaryl/α,β-unsaturated/α-hetero) is 2. The molecule has 4 unspecified atom stereocenters. The number of ketones is 2. The van der Waals surface area contributed by atoms with Crippen LogP contribution in [0.3, 0.4) is 0 Å². The SMILES string of the molecule is CCC(=O)c1ccc(-c2ccc(C(=O)Cc3cc(C)c(-c4cc(C(C)(O)C(F)(F)F)c(C)cc4C)cc3C(C)(O)C(F)(F)F)cc2)cc1C(=O)O.Cc1cc(C)c(C(C)(O)C(F)(F)F)cc1-c1cc(C(C)(O)C(F)(F)F)c(N2C(=O)c3ccc(-c4ccc5c(c4)C(=O)N(C)C5=O)cc3C2=O)cc1C.O=C=O. The normalized spacial score (nSPS) is 15.4. The number of carbonyl (C=O) groups is 7. The molecule has 2 aliphatic heterocycles. The molecular weight excluding hydrogens is 1420 g/mol. The lowest BCUT2D eigenvalue weighted by atomic mass is 9.81. The molecule has 0 saturated carbocycles. The lowest BCUT2D eigenvalue weighted by Gasteiger charge is -2.32. The molecule has 2 heterocycles. The van der Waals surface area contributed by atoms with Crippen molar-refractivity contribution in [1.82, 2.24) is 4.90 Å². The number of aliphatic hydroxyl groups is 4. The minimum Gasteiger partial charge on any atom is -0.478 e. The Balaban J connectivity index is 0.000000258. The van der Waals surface area contributed by atoms with Gasteiger partial charge in [-0.2, -0.15) is 62.3 Å². The van der Waals surface area contributed by atoms with Crippen molar-refractivity contribution >= 4 is 53.0 Å². The van der Waals surface area contributed by atoms with Crippen LogP contribution in [0.5, 0.6) is 0 Å². The number of halogens is 12. The van der Waals surface area contributed by atoms with E-state index in [0.29, 0.717) is 71.5 Å². The average molecular weight is 1480 g/mol. The molecule has 5 N–H and O–H groups in total. The highest BCUT2D eigenvalue weighted by Crippen LogP contribution is 2.50. The maximum Gasteiger partial charge on any atom is 0.421 e. The minimum absolute atomic E-state index is 0.0149. The molecule has 106 heavy (non-hydrogen) atoms. The van der Waals surface area contributed by atoms with Crippen LogP contribution in [0, 0.1) is 41.5 Å². The Labute approximate surface area is 597 Å². The van der Waals surface area contributed by atoms with Gasteiger partial charge in [-0.25, -0.2) is 9.69 Å². The molecule has 2 aliphatic rings. The minimum atomic E-state index is -5.35. The molecule has 0 radical (unpaired) electrons. The summed E-state index contributed by atoms with van der Waals surface area (Å²) in [5, 5.41) is 52.5. The van der Waals surface area contributed by atoms with E-state index in [4.69, 9.17) is 9.59 Å². The average Bonchev–Trinajstić information content (AvgIpc) is 1.45. The van der Waals surface area contributed by atoms with E-state index in [0.717, 1.165) is 35.2 Å². The number of aromatic carboxylic acids is 1. The van der Waals surface area contributed by atoms with E-state index in [1.807, 2.05) is 0 Å².